The summed E-state index contributed by atoms with van der Waals surface area (Å²) in [6, 6.07) is 11.5. The third-order valence-corrected chi connectivity index (χ3v) is 3.59. The molecule has 0 bridgehead atoms. The molecule has 0 aliphatic carbocycles. The first-order valence-electron chi connectivity index (χ1n) is 7.52. The monoisotopic (exact) mass is 327 g/mol. The molecule has 0 fully saturated rings. The number of primary amides is 1. The van der Waals surface area contributed by atoms with Crippen molar-refractivity contribution in [1.29, 1.82) is 0 Å². The number of carbonyl (C=O) groups is 2. The number of amides is 3. The normalized spacial score (nSPS) is 11.5. The maximum Gasteiger partial charge on any atom is 0.316 e. The summed E-state index contributed by atoms with van der Waals surface area (Å²) in [4.78, 5) is 23.4. The van der Waals surface area contributed by atoms with Gasteiger partial charge in [0.2, 0.25) is 0 Å². The zero-order valence-electron chi connectivity index (χ0n) is 13.9. The van der Waals surface area contributed by atoms with E-state index in [1.54, 1.807) is 31.4 Å². The molecular formula is C18H21N3O3. The first-order chi connectivity index (χ1) is 11.4. The van der Waals surface area contributed by atoms with Gasteiger partial charge in [0.25, 0.3) is 5.91 Å². The third-order valence-electron chi connectivity index (χ3n) is 3.59. The highest BCUT2D eigenvalue weighted by Crippen LogP contribution is 2.26. The highest BCUT2D eigenvalue weighted by Gasteiger charge is 2.15. The molecule has 1 atom stereocenters. The number of carbonyl (C=O) groups excluding carboxylic acids is 2. The number of hydrogen-bond donors (Lipinski definition) is 3. The maximum absolute atomic E-state index is 12.5. The summed E-state index contributed by atoms with van der Waals surface area (Å²) >= 11 is 0. The number of nitrogens with one attached hydrogen (secondary N) is 2. The summed E-state index contributed by atoms with van der Waals surface area (Å²) in [5.41, 5.74) is 7.97. The largest absolute Gasteiger partial charge is 0.496 e. The number of methoxy groups -OCH3 is 1. The molecule has 126 valence electrons. The summed E-state index contributed by atoms with van der Waals surface area (Å²) in [5.74, 6) is 0.469. The molecule has 6 heteroatoms. The van der Waals surface area contributed by atoms with Crippen LogP contribution in [-0.4, -0.2) is 19.0 Å². The van der Waals surface area contributed by atoms with Crippen LogP contribution >= 0.6 is 0 Å². The lowest BCUT2D eigenvalue weighted by Gasteiger charge is -2.18. The molecule has 0 saturated heterocycles. The number of anilines is 1. The molecule has 0 aromatic heterocycles. The van der Waals surface area contributed by atoms with Crippen molar-refractivity contribution in [3.05, 3.63) is 59.2 Å². The van der Waals surface area contributed by atoms with E-state index in [2.05, 4.69) is 10.6 Å². The molecule has 6 nitrogen and oxygen atoms in total. The Hall–Kier alpha value is -3.02. The topological polar surface area (TPSA) is 93.4 Å². The second-order valence-corrected chi connectivity index (χ2v) is 5.51. The first kappa shape index (κ1) is 17.3. The smallest absolute Gasteiger partial charge is 0.316 e. The molecule has 3 amide bonds. The molecule has 0 radical (unpaired) electrons. The fourth-order valence-corrected chi connectivity index (χ4v) is 2.43. The average molecular weight is 327 g/mol. The van der Waals surface area contributed by atoms with Crippen LogP contribution in [0.15, 0.2) is 42.5 Å². The zero-order valence-corrected chi connectivity index (χ0v) is 13.9. The van der Waals surface area contributed by atoms with Gasteiger partial charge in [-0.05, 0) is 38.1 Å². The highest BCUT2D eigenvalue weighted by molar-refractivity contribution is 5.96. The van der Waals surface area contributed by atoms with Crippen LogP contribution in [0, 0.1) is 6.92 Å². The highest BCUT2D eigenvalue weighted by atomic mass is 16.5. The Balaban J connectivity index is 2.17. The van der Waals surface area contributed by atoms with Gasteiger partial charge in [0, 0.05) is 16.8 Å². The van der Waals surface area contributed by atoms with Crippen molar-refractivity contribution in [3.8, 4) is 5.75 Å². The van der Waals surface area contributed by atoms with Crippen LogP contribution in [-0.2, 0) is 0 Å². The summed E-state index contributed by atoms with van der Waals surface area (Å²) in [7, 11) is 1.60. The molecule has 24 heavy (non-hydrogen) atoms. The molecule has 0 aliphatic rings. The molecule has 0 unspecified atom stereocenters. The van der Waals surface area contributed by atoms with Crippen molar-refractivity contribution in [2.24, 2.45) is 5.73 Å². The zero-order chi connectivity index (χ0) is 17.7. The number of urea groups is 1. The average Bonchev–Trinajstić information content (AvgIpc) is 2.54. The quantitative estimate of drug-likeness (QED) is 0.788. The molecule has 2 aromatic rings. The van der Waals surface area contributed by atoms with Gasteiger partial charge in [0.1, 0.15) is 5.75 Å². The predicted molar refractivity (Wildman–Crippen MR) is 93.3 cm³/mol. The van der Waals surface area contributed by atoms with Gasteiger partial charge in [-0.1, -0.05) is 23.8 Å². The maximum atomic E-state index is 12.5. The van der Waals surface area contributed by atoms with Crippen LogP contribution in [0.5, 0.6) is 5.75 Å². The van der Waals surface area contributed by atoms with Crippen molar-refractivity contribution in [3.63, 3.8) is 0 Å². The minimum absolute atomic E-state index is 0.236. The van der Waals surface area contributed by atoms with E-state index in [-0.39, 0.29) is 11.9 Å². The lowest BCUT2D eigenvalue weighted by Crippen LogP contribution is -2.27. The SMILES string of the molecule is COc1ccc(C)cc1[C@@H](C)NC(=O)c1cccc(NC(N)=O)c1. The second-order valence-electron chi connectivity index (χ2n) is 5.51. The molecule has 2 rings (SSSR count). The standard InChI is InChI=1S/C18H21N3O3/c1-11-7-8-16(24-3)15(9-11)12(2)20-17(22)13-5-4-6-14(10-13)21-18(19)23/h4-10,12H,1-3H3,(H,20,22)(H3,19,21,23)/t12-/m1/s1. The van der Waals surface area contributed by atoms with Crippen molar-refractivity contribution >= 4 is 17.6 Å². The lowest BCUT2D eigenvalue weighted by molar-refractivity contribution is 0.0939. The van der Waals surface area contributed by atoms with E-state index >= 15 is 0 Å². The third kappa shape index (κ3) is 4.25. The van der Waals surface area contributed by atoms with Gasteiger partial charge >= 0.3 is 6.03 Å². The van der Waals surface area contributed by atoms with E-state index in [0.29, 0.717) is 11.3 Å². The molecule has 2 aromatic carbocycles. The summed E-state index contributed by atoms with van der Waals surface area (Å²) < 4.78 is 5.36. The van der Waals surface area contributed by atoms with Gasteiger partial charge in [-0.3, -0.25) is 4.79 Å². The van der Waals surface area contributed by atoms with E-state index in [9.17, 15) is 9.59 Å². The van der Waals surface area contributed by atoms with E-state index in [1.165, 1.54) is 0 Å². The Bertz CT molecular complexity index is 759. The van der Waals surface area contributed by atoms with Crippen LogP contribution in [0.4, 0.5) is 10.5 Å². The van der Waals surface area contributed by atoms with E-state index in [1.807, 2.05) is 32.0 Å². The van der Waals surface area contributed by atoms with Crippen LogP contribution in [0.3, 0.4) is 0 Å². The Morgan fingerprint density at radius 1 is 1.17 bits per heavy atom. The fraction of sp³-hybridized carbons (Fsp3) is 0.222. The molecule has 0 heterocycles. The summed E-state index contributed by atoms with van der Waals surface area (Å²) in [6.07, 6.45) is 0. The Kier molecular flexibility index (Phi) is 5.42. The van der Waals surface area contributed by atoms with Crippen molar-refractivity contribution in [2.45, 2.75) is 19.9 Å². The number of nitrogens with two attached hydrogens (primary N) is 1. The van der Waals surface area contributed by atoms with Crippen molar-refractivity contribution in [1.82, 2.24) is 5.32 Å². The molecule has 0 spiro atoms. The first-order valence-corrected chi connectivity index (χ1v) is 7.52. The van der Waals surface area contributed by atoms with Crippen molar-refractivity contribution in [2.75, 3.05) is 12.4 Å². The van der Waals surface area contributed by atoms with E-state index in [4.69, 9.17) is 10.5 Å². The number of aryl methyl sites for hydroxylation is 1. The predicted octanol–water partition coefficient (Wildman–Crippen LogP) is 2.99. The van der Waals surface area contributed by atoms with Gasteiger partial charge in [-0.2, -0.15) is 0 Å². The van der Waals surface area contributed by atoms with E-state index < -0.39 is 6.03 Å². The van der Waals surface area contributed by atoms with Gasteiger partial charge in [0.05, 0.1) is 13.2 Å². The number of rotatable bonds is 5. The van der Waals surface area contributed by atoms with Crippen LogP contribution in [0.1, 0.15) is 34.5 Å². The van der Waals surface area contributed by atoms with Gasteiger partial charge < -0.3 is 21.1 Å². The lowest BCUT2D eigenvalue weighted by atomic mass is 10.0. The Morgan fingerprint density at radius 3 is 2.58 bits per heavy atom. The molecular weight excluding hydrogens is 306 g/mol. The van der Waals surface area contributed by atoms with Crippen molar-refractivity contribution < 1.29 is 14.3 Å². The number of benzene rings is 2. The van der Waals surface area contributed by atoms with E-state index in [0.717, 1.165) is 16.9 Å². The van der Waals surface area contributed by atoms with Gasteiger partial charge in [-0.25, -0.2) is 4.79 Å². The molecule has 0 aliphatic heterocycles. The number of hydrogen-bond acceptors (Lipinski definition) is 3. The minimum Gasteiger partial charge on any atom is -0.496 e. The Labute approximate surface area is 141 Å². The van der Waals surface area contributed by atoms with Crippen LogP contribution in [0.25, 0.3) is 0 Å². The summed E-state index contributed by atoms with van der Waals surface area (Å²) in [6.45, 7) is 3.87. The van der Waals surface area contributed by atoms with Crippen LogP contribution in [0.2, 0.25) is 0 Å². The summed E-state index contributed by atoms with van der Waals surface area (Å²) in [5, 5.41) is 5.38. The second kappa shape index (κ2) is 7.50. The number of ether oxygens (including phenoxy) is 1. The van der Waals surface area contributed by atoms with Gasteiger partial charge in [0.15, 0.2) is 0 Å². The molecule has 4 N–H and O–H groups in total. The minimum atomic E-state index is -0.676. The fourth-order valence-electron chi connectivity index (χ4n) is 2.43. The Morgan fingerprint density at radius 2 is 1.92 bits per heavy atom. The van der Waals surface area contributed by atoms with Gasteiger partial charge in [-0.15, -0.1) is 0 Å². The van der Waals surface area contributed by atoms with Crippen LogP contribution < -0.4 is 21.1 Å². The molecule has 0 saturated carbocycles.